The number of rotatable bonds is 7. The van der Waals surface area contributed by atoms with Gasteiger partial charge in [0.2, 0.25) is 0 Å². The summed E-state index contributed by atoms with van der Waals surface area (Å²) in [5.41, 5.74) is 6.61. The van der Waals surface area contributed by atoms with E-state index in [4.69, 9.17) is 26.8 Å². The second-order valence-corrected chi connectivity index (χ2v) is 4.74. The molecule has 0 atom stereocenters. The maximum absolute atomic E-state index is 5.97. The minimum absolute atomic E-state index is 0.480. The Morgan fingerprint density at radius 1 is 0.950 bits per heavy atom. The fourth-order valence-corrected chi connectivity index (χ4v) is 2.06. The van der Waals surface area contributed by atoms with E-state index in [1.54, 1.807) is 0 Å². The number of hydrogen-bond donors (Lipinski definition) is 1. The third kappa shape index (κ3) is 4.44. The van der Waals surface area contributed by atoms with Crippen LogP contribution in [-0.4, -0.2) is 19.8 Å². The van der Waals surface area contributed by atoms with Gasteiger partial charge in [-0.25, -0.2) is 0 Å². The van der Waals surface area contributed by atoms with E-state index in [2.05, 4.69) is 0 Å². The van der Waals surface area contributed by atoms with Crippen LogP contribution >= 0.6 is 11.6 Å². The first-order valence-corrected chi connectivity index (χ1v) is 6.96. The molecule has 0 aliphatic carbocycles. The normalized spacial score (nSPS) is 10.3. The number of hydrogen-bond acceptors (Lipinski definition) is 3. The molecule has 106 valence electrons. The van der Waals surface area contributed by atoms with Gasteiger partial charge in [0.05, 0.1) is 0 Å². The third-order valence-corrected chi connectivity index (χ3v) is 3.02. The van der Waals surface area contributed by atoms with E-state index in [9.17, 15) is 0 Å². The summed E-state index contributed by atoms with van der Waals surface area (Å²) in [5, 5.41) is 0.696. The molecular formula is C16H18ClNO2. The van der Waals surface area contributed by atoms with Crippen molar-refractivity contribution in [3.63, 3.8) is 0 Å². The van der Waals surface area contributed by atoms with Crippen LogP contribution in [0, 0.1) is 0 Å². The van der Waals surface area contributed by atoms with Crippen molar-refractivity contribution in [2.24, 2.45) is 5.73 Å². The van der Waals surface area contributed by atoms with Gasteiger partial charge in [0, 0.05) is 5.02 Å². The molecule has 0 aliphatic heterocycles. The van der Waals surface area contributed by atoms with E-state index in [1.807, 2.05) is 48.5 Å². The van der Waals surface area contributed by atoms with Crippen LogP contribution in [0.1, 0.15) is 5.56 Å². The zero-order valence-electron chi connectivity index (χ0n) is 11.2. The molecule has 20 heavy (non-hydrogen) atoms. The summed E-state index contributed by atoms with van der Waals surface area (Å²) in [5.74, 6) is 1.66. The maximum atomic E-state index is 5.97. The van der Waals surface area contributed by atoms with Crippen LogP contribution in [0.15, 0.2) is 48.5 Å². The Morgan fingerprint density at radius 2 is 1.70 bits per heavy atom. The molecular weight excluding hydrogens is 274 g/mol. The Labute approximate surface area is 124 Å². The van der Waals surface area contributed by atoms with Gasteiger partial charge in [-0.15, -0.1) is 0 Å². The number of nitrogens with two attached hydrogens (primary N) is 1. The summed E-state index contributed by atoms with van der Waals surface area (Å²) in [6, 6.07) is 15.2. The largest absolute Gasteiger partial charge is 0.490 e. The Kier molecular flexibility index (Phi) is 5.71. The monoisotopic (exact) mass is 291 g/mol. The molecule has 2 N–H and O–H groups in total. The van der Waals surface area contributed by atoms with Gasteiger partial charge in [0.25, 0.3) is 0 Å². The average molecular weight is 292 g/mol. The lowest BCUT2D eigenvalue weighted by molar-refractivity contribution is 0.216. The average Bonchev–Trinajstić information content (AvgIpc) is 2.47. The standard InChI is InChI=1S/C16H18ClNO2/c17-14-6-7-16(13(12-14)8-9-18)20-11-10-19-15-4-2-1-3-5-15/h1-7,12H,8-11,18H2. The Morgan fingerprint density at radius 3 is 2.45 bits per heavy atom. The van der Waals surface area contributed by atoms with E-state index in [0.29, 0.717) is 24.8 Å². The van der Waals surface area contributed by atoms with Gasteiger partial charge < -0.3 is 15.2 Å². The molecule has 0 fully saturated rings. The highest BCUT2D eigenvalue weighted by Gasteiger charge is 2.04. The summed E-state index contributed by atoms with van der Waals surface area (Å²) in [4.78, 5) is 0. The topological polar surface area (TPSA) is 44.5 Å². The second-order valence-electron chi connectivity index (χ2n) is 4.30. The molecule has 0 saturated heterocycles. The summed E-state index contributed by atoms with van der Waals surface area (Å²) >= 11 is 5.97. The van der Waals surface area contributed by atoms with Crippen molar-refractivity contribution in [1.29, 1.82) is 0 Å². The highest BCUT2D eigenvalue weighted by atomic mass is 35.5. The van der Waals surface area contributed by atoms with Crippen molar-refractivity contribution in [3.8, 4) is 11.5 Å². The van der Waals surface area contributed by atoms with Gasteiger partial charge in [-0.05, 0) is 48.9 Å². The minimum Gasteiger partial charge on any atom is -0.490 e. The van der Waals surface area contributed by atoms with E-state index < -0.39 is 0 Å². The molecule has 2 rings (SSSR count). The molecule has 3 nitrogen and oxygen atoms in total. The zero-order valence-corrected chi connectivity index (χ0v) is 12.0. The van der Waals surface area contributed by atoms with Gasteiger partial charge >= 0.3 is 0 Å². The molecule has 0 aromatic heterocycles. The van der Waals surface area contributed by atoms with Gasteiger partial charge in [-0.2, -0.15) is 0 Å². The minimum atomic E-state index is 0.480. The molecule has 0 heterocycles. The second kappa shape index (κ2) is 7.78. The van der Waals surface area contributed by atoms with E-state index in [-0.39, 0.29) is 0 Å². The summed E-state index contributed by atoms with van der Waals surface area (Å²) in [6.07, 6.45) is 0.745. The van der Waals surface area contributed by atoms with E-state index in [1.165, 1.54) is 0 Å². The van der Waals surface area contributed by atoms with Crippen molar-refractivity contribution in [1.82, 2.24) is 0 Å². The molecule has 4 heteroatoms. The highest BCUT2D eigenvalue weighted by molar-refractivity contribution is 6.30. The summed E-state index contributed by atoms with van der Waals surface area (Å²) < 4.78 is 11.3. The Balaban J connectivity index is 1.84. The molecule has 0 radical (unpaired) electrons. The summed E-state index contributed by atoms with van der Waals surface area (Å²) in [7, 11) is 0. The van der Waals surface area contributed by atoms with E-state index in [0.717, 1.165) is 23.5 Å². The van der Waals surface area contributed by atoms with Crippen molar-refractivity contribution >= 4 is 11.6 Å². The lowest BCUT2D eigenvalue weighted by Gasteiger charge is -2.12. The number of halogens is 1. The first-order valence-electron chi connectivity index (χ1n) is 6.59. The van der Waals surface area contributed by atoms with E-state index >= 15 is 0 Å². The van der Waals surface area contributed by atoms with Gasteiger partial charge in [-0.1, -0.05) is 29.8 Å². The number of para-hydroxylation sites is 1. The SMILES string of the molecule is NCCc1cc(Cl)ccc1OCCOc1ccccc1. The molecule has 0 amide bonds. The quantitative estimate of drug-likeness (QED) is 0.796. The molecule has 2 aromatic rings. The maximum Gasteiger partial charge on any atom is 0.122 e. The summed E-state index contributed by atoms with van der Waals surface area (Å²) in [6.45, 7) is 1.54. The van der Waals surface area contributed by atoms with Crippen LogP contribution < -0.4 is 15.2 Å². The first kappa shape index (κ1) is 14.7. The molecule has 2 aromatic carbocycles. The molecule has 0 unspecified atom stereocenters. The Hall–Kier alpha value is -1.71. The molecule has 0 aliphatic rings. The van der Waals surface area contributed by atoms with Crippen LogP contribution in [0.25, 0.3) is 0 Å². The predicted octanol–water partition coefficient (Wildman–Crippen LogP) is 3.30. The van der Waals surface area contributed by atoms with Crippen LogP contribution in [0.2, 0.25) is 5.02 Å². The van der Waals surface area contributed by atoms with Crippen LogP contribution in [0.3, 0.4) is 0 Å². The fraction of sp³-hybridized carbons (Fsp3) is 0.250. The highest BCUT2D eigenvalue weighted by Crippen LogP contribution is 2.23. The fourth-order valence-electron chi connectivity index (χ4n) is 1.87. The van der Waals surface area contributed by atoms with Crippen LogP contribution in [-0.2, 0) is 6.42 Å². The van der Waals surface area contributed by atoms with Crippen molar-refractivity contribution in [2.45, 2.75) is 6.42 Å². The molecule has 0 bridgehead atoms. The lowest BCUT2D eigenvalue weighted by Crippen LogP contribution is -2.11. The van der Waals surface area contributed by atoms with Gasteiger partial charge in [0.1, 0.15) is 24.7 Å². The smallest absolute Gasteiger partial charge is 0.122 e. The van der Waals surface area contributed by atoms with Crippen molar-refractivity contribution in [2.75, 3.05) is 19.8 Å². The predicted molar refractivity (Wildman–Crippen MR) is 81.6 cm³/mol. The van der Waals surface area contributed by atoms with Crippen LogP contribution in [0.5, 0.6) is 11.5 Å². The van der Waals surface area contributed by atoms with Crippen molar-refractivity contribution < 1.29 is 9.47 Å². The van der Waals surface area contributed by atoms with Gasteiger partial charge in [-0.3, -0.25) is 0 Å². The van der Waals surface area contributed by atoms with Crippen LogP contribution in [0.4, 0.5) is 0 Å². The number of benzene rings is 2. The zero-order chi connectivity index (χ0) is 14.2. The lowest BCUT2D eigenvalue weighted by atomic mass is 10.1. The number of ether oxygens (including phenoxy) is 2. The Bertz CT molecular complexity index is 531. The van der Waals surface area contributed by atoms with Crippen molar-refractivity contribution in [3.05, 3.63) is 59.1 Å². The molecule has 0 spiro atoms. The molecule has 0 saturated carbocycles. The third-order valence-electron chi connectivity index (χ3n) is 2.79. The van der Waals surface area contributed by atoms with Gasteiger partial charge in [0.15, 0.2) is 0 Å². The first-order chi connectivity index (χ1) is 9.79.